The number of aldehydes is 1. The van der Waals surface area contributed by atoms with E-state index in [0.717, 1.165) is 37.7 Å². The fraction of sp³-hybridized carbons (Fsp3) is 0.529. The van der Waals surface area contributed by atoms with Crippen molar-refractivity contribution >= 4 is 12.2 Å². The third-order valence-corrected chi connectivity index (χ3v) is 4.20. The van der Waals surface area contributed by atoms with Crippen LogP contribution in [0.15, 0.2) is 24.3 Å². The zero-order valence-corrected chi connectivity index (χ0v) is 12.8. The molecule has 114 valence electrons. The minimum Gasteiger partial charge on any atom is -0.348 e. The number of carbonyl (C=O) groups excluding carboxylic acids is 2. The number of nitrogens with one attached hydrogen (secondary N) is 1. The Hall–Kier alpha value is -1.68. The van der Waals surface area contributed by atoms with Crippen LogP contribution in [0, 0.1) is 6.92 Å². The normalized spacial score (nSPS) is 20.8. The first kappa shape index (κ1) is 15.7. The van der Waals surface area contributed by atoms with Gasteiger partial charge in [0.05, 0.1) is 18.6 Å². The second kappa shape index (κ2) is 7.36. The zero-order chi connectivity index (χ0) is 15.2. The lowest BCUT2D eigenvalue weighted by Crippen LogP contribution is -2.46. The third kappa shape index (κ3) is 4.14. The molecule has 0 aromatic heterocycles. The minimum atomic E-state index is -0.0988. The van der Waals surface area contributed by atoms with Crippen LogP contribution in [-0.4, -0.2) is 36.2 Å². The molecule has 1 aliphatic rings. The number of hydrogen-bond acceptors (Lipinski definition) is 3. The van der Waals surface area contributed by atoms with Gasteiger partial charge in [-0.15, -0.1) is 0 Å². The zero-order valence-electron chi connectivity index (χ0n) is 12.8. The lowest BCUT2D eigenvalue weighted by molar-refractivity contribution is -0.125. The molecule has 0 radical (unpaired) electrons. The van der Waals surface area contributed by atoms with E-state index in [-0.39, 0.29) is 18.0 Å². The maximum Gasteiger partial charge on any atom is 0.234 e. The number of aryl methyl sites for hydroxylation is 1. The predicted molar refractivity (Wildman–Crippen MR) is 83.0 cm³/mol. The molecule has 2 rings (SSSR count). The Morgan fingerprint density at radius 2 is 2.19 bits per heavy atom. The summed E-state index contributed by atoms with van der Waals surface area (Å²) in [5.74, 6) is -0.0143. The van der Waals surface area contributed by atoms with E-state index in [0.29, 0.717) is 6.54 Å². The standard InChI is InChI=1S/C17H24N2O2/c1-13-7-3-4-9-16(13)14(2)18-17(21)11-19-10-6-5-8-15(19)12-20/h3-4,7,9,12,14-15H,5-6,8,10-11H2,1-2H3,(H,18,21). The van der Waals surface area contributed by atoms with Gasteiger partial charge in [0.15, 0.2) is 0 Å². The van der Waals surface area contributed by atoms with Crippen LogP contribution in [0.1, 0.15) is 43.4 Å². The highest BCUT2D eigenvalue weighted by Crippen LogP contribution is 2.18. The summed E-state index contributed by atoms with van der Waals surface area (Å²) in [7, 11) is 0. The molecule has 1 heterocycles. The molecule has 2 unspecified atom stereocenters. The highest BCUT2D eigenvalue weighted by molar-refractivity contribution is 5.79. The fourth-order valence-electron chi connectivity index (χ4n) is 2.99. The number of hydrogen-bond donors (Lipinski definition) is 1. The fourth-order valence-corrected chi connectivity index (χ4v) is 2.99. The van der Waals surface area contributed by atoms with Crippen LogP contribution < -0.4 is 5.32 Å². The Bertz CT molecular complexity index is 501. The molecule has 1 saturated heterocycles. The van der Waals surface area contributed by atoms with Crippen LogP contribution in [0.2, 0.25) is 0 Å². The number of carbonyl (C=O) groups is 2. The molecular weight excluding hydrogens is 264 g/mol. The van der Waals surface area contributed by atoms with E-state index >= 15 is 0 Å². The second-order valence-corrected chi connectivity index (χ2v) is 5.82. The van der Waals surface area contributed by atoms with Crippen molar-refractivity contribution in [3.63, 3.8) is 0 Å². The molecule has 1 fully saturated rings. The average molecular weight is 288 g/mol. The maximum atomic E-state index is 12.2. The van der Waals surface area contributed by atoms with Crippen molar-refractivity contribution in [3.8, 4) is 0 Å². The molecule has 1 N–H and O–H groups in total. The Balaban J connectivity index is 1.92. The van der Waals surface area contributed by atoms with Crippen molar-refractivity contribution in [2.24, 2.45) is 0 Å². The molecule has 0 aliphatic carbocycles. The van der Waals surface area contributed by atoms with Crippen LogP contribution in [0.4, 0.5) is 0 Å². The van der Waals surface area contributed by atoms with Crippen molar-refractivity contribution in [2.75, 3.05) is 13.1 Å². The van der Waals surface area contributed by atoms with Gasteiger partial charge in [-0.3, -0.25) is 9.69 Å². The van der Waals surface area contributed by atoms with Gasteiger partial charge in [-0.25, -0.2) is 0 Å². The number of amides is 1. The van der Waals surface area contributed by atoms with E-state index in [2.05, 4.69) is 5.32 Å². The molecule has 4 nitrogen and oxygen atoms in total. The summed E-state index contributed by atoms with van der Waals surface area (Å²) in [6, 6.07) is 7.95. The van der Waals surface area contributed by atoms with E-state index in [1.807, 2.05) is 43.0 Å². The van der Waals surface area contributed by atoms with Gasteiger partial charge in [0.1, 0.15) is 6.29 Å². The van der Waals surface area contributed by atoms with Crippen LogP contribution in [0.3, 0.4) is 0 Å². The van der Waals surface area contributed by atoms with Crippen molar-refractivity contribution in [1.82, 2.24) is 10.2 Å². The Kier molecular flexibility index (Phi) is 5.51. The molecule has 0 bridgehead atoms. The first-order chi connectivity index (χ1) is 10.1. The number of benzene rings is 1. The van der Waals surface area contributed by atoms with Gasteiger partial charge in [-0.05, 0) is 44.4 Å². The summed E-state index contributed by atoms with van der Waals surface area (Å²) in [5, 5.41) is 3.03. The Labute approximate surface area is 126 Å². The van der Waals surface area contributed by atoms with E-state index < -0.39 is 0 Å². The molecule has 4 heteroatoms. The lowest BCUT2D eigenvalue weighted by atomic mass is 10.0. The van der Waals surface area contributed by atoms with Gasteiger partial charge in [0, 0.05) is 0 Å². The van der Waals surface area contributed by atoms with Gasteiger partial charge in [-0.1, -0.05) is 30.7 Å². The molecule has 21 heavy (non-hydrogen) atoms. The van der Waals surface area contributed by atoms with Gasteiger partial charge in [-0.2, -0.15) is 0 Å². The van der Waals surface area contributed by atoms with E-state index in [9.17, 15) is 9.59 Å². The minimum absolute atomic E-state index is 0.0143. The number of nitrogens with zero attached hydrogens (tertiary/aromatic N) is 1. The number of piperidine rings is 1. The highest BCUT2D eigenvalue weighted by atomic mass is 16.2. The number of likely N-dealkylation sites (tertiary alicyclic amines) is 1. The van der Waals surface area contributed by atoms with Gasteiger partial charge in [0.25, 0.3) is 0 Å². The van der Waals surface area contributed by atoms with Crippen molar-refractivity contribution < 1.29 is 9.59 Å². The topological polar surface area (TPSA) is 49.4 Å². The van der Waals surface area contributed by atoms with Crippen molar-refractivity contribution in [1.29, 1.82) is 0 Å². The predicted octanol–water partition coefficient (Wildman–Crippen LogP) is 2.23. The van der Waals surface area contributed by atoms with Crippen LogP contribution in [0.5, 0.6) is 0 Å². The van der Waals surface area contributed by atoms with E-state index in [4.69, 9.17) is 0 Å². The Morgan fingerprint density at radius 3 is 2.90 bits per heavy atom. The van der Waals surface area contributed by atoms with Gasteiger partial charge < -0.3 is 10.1 Å². The highest BCUT2D eigenvalue weighted by Gasteiger charge is 2.24. The summed E-state index contributed by atoms with van der Waals surface area (Å²) >= 11 is 0. The molecule has 0 saturated carbocycles. The van der Waals surface area contributed by atoms with Crippen LogP contribution >= 0.6 is 0 Å². The van der Waals surface area contributed by atoms with Crippen molar-refractivity contribution in [2.45, 2.75) is 45.2 Å². The summed E-state index contributed by atoms with van der Waals surface area (Å²) in [6.45, 7) is 5.17. The van der Waals surface area contributed by atoms with Gasteiger partial charge >= 0.3 is 0 Å². The number of rotatable bonds is 5. The third-order valence-electron chi connectivity index (χ3n) is 4.20. The summed E-state index contributed by atoms with van der Waals surface area (Å²) < 4.78 is 0. The van der Waals surface area contributed by atoms with Crippen LogP contribution in [-0.2, 0) is 9.59 Å². The molecule has 0 spiro atoms. The molecular formula is C17H24N2O2. The second-order valence-electron chi connectivity index (χ2n) is 5.82. The monoisotopic (exact) mass is 288 g/mol. The lowest BCUT2D eigenvalue weighted by Gasteiger charge is -2.31. The maximum absolute atomic E-state index is 12.2. The summed E-state index contributed by atoms with van der Waals surface area (Å²) in [6.07, 6.45) is 3.97. The first-order valence-corrected chi connectivity index (χ1v) is 7.66. The smallest absolute Gasteiger partial charge is 0.234 e. The molecule has 1 aliphatic heterocycles. The molecule has 1 aromatic carbocycles. The molecule has 1 amide bonds. The Morgan fingerprint density at radius 1 is 1.43 bits per heavy atom. The van der Waals surface area contributed by atoms with E-state index in [1.165, 1.54) is 5.56 Å². The van der Waals surface area contributed by atoms with Crippen molar-refractivity contribution in [3.05, 3.63) is 35.4 Å². The van der Waals surface area contributed by atoms with E-state index in [1.54, 1.807) is 0 Å². The average Bonchev–Trinajstić information content (AvgIpc) is 2.48. The van der Waals surface area contributed by atoms with Gasteiger partial charge in [0.2, 0.25) is 5.91 Å². The molecule has 2 atom stereocenters. The quantitative estimate of drug-likeness (QED) is 0.845. The summed E-state index contributed by atoms with van der Waals surface area (Å²) in [4.78, 5) is 25.2. The first-order valence-electron chi connectivity index (χ1n) is 7.66. The molecule has 1 aromatic rings. The SMILES string of the molecule is Cc1ccccc1C(C)NC(=O)CN1CCCCC1C=O. The largest absolute Gasteiger partial charge is 0.348 e. The van der Waals surface area contributed by atoms with Crippen LogP contribution in [0.25, 0.3) is 0 Å². The summed E-state index contributed by atoms with van der Waals surface area (Å²) in [5.41, 5.74) is 2.31.